The lowest BCUT2D eigenvalue weighted by Crippen LogP contribution is -2.47. The van der Waals surface area contributed by atoms with Crippen LogP contribution >= 0.6 is 11.3 Å². The van der Waals surface area contributed by atoms with Crippen molar-refractivity contribution in [3.8, 4) is 0 Å². The maximum absolute atomic E-state index is 11.9. The normalized spacial score (nSPS) is 23.0. The van der Waals surface area contributed by atoms with Crippen molar-refractivity contribution < 1.29 is 4.79 Å². The lowest BCUT2D eigenvalue weighted by Gasteiger charge is -2.35. The molecular formula is C21H29N5OS. The molecule has 1 amide bonds. The van der Waals surface area contributed by atoms with Crippen molar-refractivity contribution in [1.82, 2.24) is 20.2 Å². The van der Waals surface area contributed by atoms with E-state index < -0.39 is 0 Å². The molecule has 1 atom stereocenters. The Bertz CT molecular complexity index is 869. The summed E-state index contributed by atoms with van der Waals surface area (Å²) in [4.78, 5) is 28.7. The average Bonchev–Trinajstić information content (AvgIpc) is 3.43. The van der Waals surface area contributed by atoms with Crippen LogP contribution in [0.1, 0.15) is 43.0 Å². The van der Waals surface area contributed by atoms with Gasteiger partial charge in [-0.1, -0.05) is 6.92 Å². The van der Waals surface area contributed by atoms with Crippen LogP contribution in [-0.4, -0.2) is 59.5 Å². The molecule has 7 heteroatoms. The molecule has 0 bridgehead atoms. The molecule has 0 radical (unpaired) electrons. The van der Waals surface area contributed by atoms with Gasteiger partial charge >= 0.3 is 0 Å². The van der Waals surface area contributed by atoms with Crippen LogP contribution in [0.15, 0.2) is 6.33 Å². The summed E-state index contributed by atoms with van der Waals surface area (Å²) in [5, 5.41) is 4.40. The van der Waals surface area contributed by atoms with E-state index in [9.17, 15) is 4.79 Å². The maximum atomic E-state index is 11.9. The third kappa shape index (κ3) is 3.74. The van der Waals surface area contributed by atoms with Gasteiger partial charge in [-0.2, -0.15) is 0 Å². The Morgan fingerprint density at radius 1 is 1.21 bits per heavy atom. The van der Waals surface area contributed by atoms with Gasteiger partial charge in [-0.15, -0.1) is 11.3 Å². The minimum atomic E-state index is 0.210. The van der Waals surface area contributed by atoms with Gasteiger partial charge in [0.2, 0.25) is 5.91 Å². The summed E-state index contributed by atoms with van der Waals surface area (Å²) in [5.74, 6) is 2.11. The van der Waals surface area contributed by atoms with Crippen LogP contribution in [0.5, 0.6) is 0 Å². The second-order valence-electron chi connectivity index (χ2n) is 8.65. The first-order valence-electron chi connectivity index (χ1n) is 10.7. The lowest BCUT2D eigenvalue weighted by molar-refractivity contribution is -0.121. The molecule has 3 heterocycles. The van der Waals surface area contributed by atoms with Crippen LogP contribution in [0.2, 0.25) is 0 Å². The summed E-state index contributed by atoms with van der Waals surface area (Å²) in [6.45, 7) is 7.13. The van der Waals surface area contributed by atoms with Crippen molar-refractivity contribution in [3.63, 3.8) is 0 Å². The molecule has 1 aliphatic heterocycles. The second-order valence-corrected chi connectivity index (χ2v) is 9.73. The van der Waals surface area contributed by atoms with E-state index in [0.29, 0.717) is 12.5 Å². The zero-order chi connectivity index (χ0) is 19.1. The summed E-state index contributed by atoms with van der Waals surface area (Å²) < 4.78 is 0. The van der Waals surface area contributed by atoms with Crippen LogP contribution in [-0.2, 0) is 17.6 Å². The number of aromatic nitrogens is 2. The molecule has 5 rings (SSSR count). The number of hydrogen-bond donors (Lipinski definition) is 1. The number of nitrogens with zero attached hydrogens (tertiary/aromatic N) is 4. The summed E-state index contributed by atoms with van der Waals surface area (Å²) in [6, 6.07) is 0.462. The molecule has 2 fully saturated rings. The van der Waals surface area contributed by atoms with Gasteiger partial charge in [0.05, 0.1) is 5.39 Å². The number of piperazine rings is 1. The zero-order valence-electron chi connectivity index (χ0n) is 16.6. The molecule has 6 nitrogen and oxygen atoms in total. The largest absolute Gasteiger partial charge is 0.353 e. The maximum Gasteiger partial charge on any atom is 0.221 e. The molecule has 0 unspecified atom stereocenters. The van der Waals surface area contributed by atoms with Crippen molar-refractivity contribution in [2.75, 3.05) is 37.6 Å². The fourth-order valence-electron chi connectivity index (χ4n) is 4.47. The van der Waals surface area contributed by atoms with E-state index in [0.717, 1.165) is 68.6 Å². The Balaban J connectivity index is 1.25. The molecular weight excluding hydrogens is 370 g/mol. The van der Waals surface area contributed by atoms with Crippen LogP contribution in [0.25, 0.3) is 10.2 Å². The Hall–Kier alpha value is -1.73. The van der Waals surface area contributed by atoms with Crippen molar-refractivity contribution in [2.45, 2.75) is 51.5 Å². The molecule has 1 saturated carbocycles. The van der Waals surface area contributed by atoms with E-state index in [1.54, 1.807) is 6.33 Å². The number of anilines is 1. The molecule has 0 aromatic carbocycles. The third-order valence-corrected chi connectivity index (χ3v) is 7.50. The number of rotatable bonds is 5. The number of carbonyl (C=O) groups is 1. The van der Waals surface area contributed by atoms with E-state index in [1.165, 1.54) is 28.7 Å². The number of fused-ring (bicyclic) bond motifs is 3. The number of carbonyl (C=O) groups excluding carboxylic acids is 1. The SMILES string of the molecule is C[C@H]1CCc2c(sc3ncnc(N4CCN(CCC(=O)NC5CC5)CC4)c23)C1. The third-order valence-electron chi connectivity index (χ3n) is 6.34. The predicted molar refractivity (Wildman–Crippen MR) is 113 cm³/mol. The number of aryl methyl sites for hydroxylation is 1. The molecule has 1 N–H and O–H groups in total. The molecule has 28 heavy (non-hydrogen) atoms. The van der Waals surface area contributed by atoms with Crippen molar-refractivity contribution in [2.24, 2.45) is 5.92 Å². The first-order valence-corrected chi connectivity index (χ1v) is 11.5. The number of nitrogens with one attached hydrogen (secondary N) is 1. The molecule has 3 aliphatic rings. The Morgan fingerprint density at radius 3 is 2.82 bits per heavy atom. The second kappa shape index (κ2) is 7.59. The topological polar surface area (TPSA) is 61.4 Å². The van der Waals surface area contributed by atoms with E-state index in [2.05, 4.69) is 27.0 Å². The summed E-state index contributed by atoms with van der Waals surface area (Å²) in [6.07, 6.45) is 8.28. The first-order chi connectivity index (χ1) is 13.7. The monoisotopic (exact) mass is 399 g/mol. The molecule has 150 valence electrons. The van der Waals surface area contributed by atoms with Crippen LogP contribution in [0.4, 0.5) is 5.82 Å². The van der Waals surface area contributed by atoms with Crippen LogP contribution in [0, 0.1) is 5.92 Å². The van der Waals surface area contributed by atoms with Gasteiger partial charge in [-0.05, 0) is 43.6 Å². The Morgan fingerprint density at radius 2 is 2.04 bits per heavy atom. The highest BCUT2D eigenvalue weighted by molar-refractivity contribution is 7.19. The Labute approximate surface area is 170 Å². The minimum absolute atomic E-state index is 0.210. The van der Waals surface area contributed by atoms with Crippen LogP contribution in [0.3, 0.4) is 0 Å². The fraction of sp³-hybridized carbons (Fsp3) is 0.667. The van der Waals surface area contributed by atoms with E-state index in [4.69, 9.17) is 4.98 Å². The average molecular weight is 400 g/mol. The molecule has 1 saturated heterocycles. The van der Waals surface area contributed by atoms with Gasteiger partial charge in [-0.3, -0.25) is 9.69 Å². The molecule has 2 aromatic heterocycles. The van der Waals surface area contributed by atoms with Gasteiger partial charge in [0, 0.05) is 50.1 Å². The zero-order valence-corrected chi connectivity index (χ0v) is 17.4. The molecule has 0 spiro atoms. The van der Waals surface area contributed by atoms with Crippen molar-refractivity contribution >= 4 is 33.3 Å². The first kappa shape index (κ1) is 18.3. The summed E-state index contributed by atoms with van der Waals surface area (Å²) >= 11 is 1.87. The summed E-state index contributed by atoms with van der Waals surface area (Å²) in [7, 11) is 0. The van der Waals surface area contributed by atoms with E-state index in [1.807, 2.05) is 11.3 Å². The molecule has 2 aliphatic carbocycles. The van der Waals surface area contributed by atoms with E-state index >= 15 is 0 Å². The van der Waals surface area contributed by atoms with Gasteiger partial charge in [-0.25, -0.2) is 9.97 Å². The highest BCUT2D eigenvalue weighted by Crippen LogP contribution is 2.40. The van der Waals surface area contributed by atoms with Crippen molar-refractivity contribution in [3.05, 3.63) is 16.8 Å². The molecule has 2 aromatic rings. The highest BCUT2D eigenvalue weighted by atomic mass is 32.1. The number of hydrogen-bond acceptors (Lipinski definition) is 6. The summed E-state index contributed by atoms with van der Waals surface area (Å²) in [5.41, 5.74) is 1.51. The van der Waals surface area contributed by atoms with E-state index in [-0.39, 0.29) is 5.91 Å². The Kier molecular flexibility index (Phi) is 4.97. The highest BCUT2D eigenvalue weighted by Gasteiger charge is 2.27. The predicted octanol–water partition coefficient (Wildman–Crippen LogP) is 2.61. The van der Waals surface area contributed by atoms with Crippen molar-refractivity contribution in [1.29, 1.82) is 0 Å². The standard InChI is InChI=1S/C21H29N5OS/c1-14-2-5-16-17(12-14)28-21-19(16)20(22-13-23-21)26-10-8-25(9-11-26)7-6-18(27)24-15-3-4-15/h13-15H,2-12H2,1H3,(H,24,27)/t14-/m0/s1. The van der Waals surface area contributed by atoms with Gasteiger partial charge in [0.25, 0.3) is 0 Å². The number of amides is 1. The van der Waals surface area contributed by atoms with Gasteiger partial charge in [0.15, 0.2) is 0 Å². The van der Waals surface area contributed by atoms with Gasteiger partial charge in [0.1, 0.15) is 17.0 Å². The fourth-order valence-corrected chi connectivity index (χ4v) is 5.81. The number of thiophene rings is 1. The minimum Gasteiger partial charge on any atom is -0.353 e. The quantitative estimate of drug-likeness (QED) is 0.837. The van der Waals surface area contributed by atoms with Gasteiger partial charge < -0.3 is 10.2 Å². The lowest BCUT2D eigenvalue weighted by atomic mass is 9.89. The smallest absolute Gasteiger partial charge is 0.221 e. The van der Waals surface area contributed by atoms with Crippen LogP contribution < -0.4 is 10.2 Å².